The number of hydrogen-bond acceptors (Lipinski definition) is 2. The van der Waals surface area contributed by atoms with Crippen molar-refractivity contribution in [2.24, 2.45) is 17.3 Å². The normalized spacial score (nSPS) is 56.2. The summed E-state index contributed by atoms with van der Waals surface area (Å²) in [5.74, 6) is 1.48. The maximum Gasteiger partial charge on any atom is 0.103 e. The van der Waals surface area contributed by atoms with Crippen LogP contribution in [0.1, 0.15) is 66.2 Å². The van der Waals surface area contributed by atoms with Gasteiger partial charge in [0, 0.05) is 5.41 Å². The van der Waals surface area contributed by atoms with Crippen LogP contribution in [0, 0.1) is 17.3 Å². The predicted octanol–water partition coefficient (Wildman–Crippen LogP) is 3.93. The van der Waals surface area contributed by atoms with Crippen LogP contribution >= 0.6 is 0 Å². The third-order valence-electron chi connectivity index (χ3n) is 7.04. The minimum absolute atomic E-state index is 0.135. The van der Waals surface area contributed by atoms with Gasteiger partial charge in [-0.2, -0.15) is 0 Å². The summed E-state index contributed by atoms with van der Waals surface area (Å²) in [4.78, 5) is 0. The van der Waals surface area contributed by atoms with Gasteiger partial charge in [-0.05, 0) is 37.5 Å². The molecule has 2 saturated heterocycles. The van der Waals surface area contributed by atoms with E-state index in [4.69, 9.17) is 9.47 Å². The van der Waals surface area contributed by atoms with Gasteiger partial charge in [0.05, 0.1) is 12.2 Å². The molecule has 2 aliphatic carbocycles. The first-order valence-electron chi connectivity index (χ1n) is 8.30. The Morgan fingerprint density at radius 2 is 1.26 bits per heavy atom. The van der Waals surface area contributed by atoms with Gasteiger partial charge in [-0.25, -0.2) is 0 Å². The third kappa shape index (κ3) is 1.35. The molecule has 0 bridgehead atoms. The van der Waals surface area contributed by atoms with Crippen molar-refractivity contribution in [2.75, 3.05) is 0 Å². The summed E-state index contributed by atoms with van der Waals surface area (Å²) in [5.41, 5.74) is 0.450. The molecular weight excluding hydrogens is 236 g/mol. The Morgan fingerprint density at radius 3 is 1.68 bits per heavy atom. The standard InChI is InChI=1S/C17H28O2/c1-11-7-5-9-16(13(11)18-16)15(3,4)17-10-6-8-12(2)14(17)19-17/h11-14H,5-10H2,1-4H3. The van der Waals surface area contributed by atoms with E-state index in [-0.39, 0.29) is 16.6 Å². The van der Waals surface area contributed by atoms with E-state index in [1.165, 1.54) is 38.5 Å². The smallest absolute Gasteiger partial charge is 0.103 e. The van der Waals surface area contributed by atoms with Crippen LogP contribution in [-0.2, 0) is 9.47 Å². The highest BCUT2D eigenvalue weighted by Crippen LogP contribution is 2.70. The van der Waals surface area contributed by atoms with Gasteiger partial charge in [-0.3, -0.25) is 0 Å². The van der Waals surface area contributed by atoms with E-state index >= 15 is 0 Å². The van der Waals surface area contributed by atoms with Gasteiger partial charge in [0.1, 0.15) is 11.2 Å². The molecule has 0 aromatic rings. The Labute approximate surface area is 117 Å². The number of hydrogen-bond donors (Lipinski definition) is 0. The molecule has 0 amide bonds. The Bertz CT molecular complexity index is 368. The first-order chi connectivity index (χ1) is 8.95. The largest absolute Gasteiger partial charge is 0.365 e. The predicted molar refractivity (Wildman–Crippen MR) is 75.0 cm³/mol. The Kier molecular flexibility index (Phi) is 2.37. The Balaban J connectivity index is 1.64. The van der Waals surface area contributed by atoms with Gasteiger partial charge in [0.15, 0.2) is 0 Å². The number of epoxide rings is 2. The second-order valence-electron chi connectivity index (χ2n) is 8.22. The fourth-order valence-corrected chi connectivity index (χ4v) is 5.60. The van der Waals surface area contributed by atoms with Crippen LogP contribution in [-0.4, -0.2) is 23.4 Å². The van der Waals surface area contributed by atoms with Crippen molar-refractivity contribution in [2.45, 2.75) is 89.6 Å². The summed E-state index contributed by atoms with van der Waals surface area (Å²) < 4.78 is 12.7. The van der Waals surface area contributed by atoms with Gasteiger partial charge in [0.25, 0.3) is 0 Å². The molecule has 4 rings (SSSR count). The first-order valence-corrected chi connectivity index (χ1v) is 8.30. The van der Waals surface area contributed by atoms with E-state index in [1.807, 2.05) is 0 Å². The monoisotopic (exact) mass is 264 g/mol. The van der Waals surface area contributed by atoms with Crippen molar-refractivity contribution < 1.29 is 9.47 Å². The van der Waals surface area contributed by atoms with Crippen LogP contribution in [0.3, 0.4) is 0 Å². The van der Waals surface area contributed by atoms with E-state index in [1.54, 1.807) is 0 Å². The molecule has 2 saturated carbocycles. The molecule has 6 atom stereocenters. The van der Waals surface area contributed by atoms with Crippen LogP contribution in [0.15, 0.2) is 0 Å². The van der Waals surface area contributed by atoms with Gasteiger partial charge in [-0.1, -0.05) is 40.5 Å². The second kappa shape index (κ2) is 3.57. The van der Waals surface area contributed by atoms with Crippen molar-refractivity contribution >= 4 is 0 Å². The lowest BCUT2D eigenvalue weighted by atomic mass is 9.58. The molecule has 6 unspecified atom stereocenters. The second-order valence-corrected chi connectivity index (χ2v) is 8.22. The molecule has 2 aliphatic heterocycles. The zero-order valence-electron chi connectivity index (χ0n) is 12.9. The van der Waals surface area contributed by atoms with Crippen LogP contribution in [0.2, 0.25) is 0 Å². The van der Waals surface area contributed by atoms with E-state index in [9.17, 15) is 0 Å². The summed E-state index contributed by atoms with van der Waals surface area (Å²) >= 11 is 0. The maximum atomic E-state index is 6.34. The van der Waals surface area contributed by atoms with Gasteiger partial charge in [-0.15, -0.1) is 0 Å². The molecule has 19 heavy (non-hydrogen) atoms. The van der Waals surface area contributed by atoms with Crippen molar-refractivity contribution in [3.8, 4) is 0 Å². The fraction of sp³-hybridized carbons (Fsp3) is 1.00. The zero-order valence-corrected chi connectivity index (χ0v) is 12.9. The maximum absolute atomic E-state index is 6.34. The quantitative estimate of drug-likeness (QED) is 0.706. The van der Waals surface area contributed by atoms with E-state index in [0.717, 1.165) is 11.8 Å². The van der Waals surface area contributed by atoms with E-state index in [2.05, 4.69) is 27.7 Å². The van der Waals surface area contributed by atoms with Gasteiger partial charge in [0.2, 0.25) is 0 Å². The summed E-state index contributed by atoms with van der Waals surface area (Å²) in [6.07, 6.45) is 8.87. The van der Waals surface area contributed by atoms with Gasteiger partial charge >= 0.3 is 0 Å². The zero-order chi connectivity index (χ0) is 13.5. The average Bonchev–Trinajstić information content (AvgIpc) is 3.22. The average molecular weight is 264 g/mol. The minimum Gasteiger partial charge on any atom is -0.365 e. The highest BCUT2D eigenvalue weighted by molar-refractivity contribution is 5.27. The first kappa shape index (κ1) is 12.6. The summed E-state index contributed by atoms with van der Waals surface area (Å²) in [6.45, 7) is 9.61. The molecule has 0 N–H and O–H groups in total. The number of ether oxygens (including phenoxy) is 2. The summed E-state index contributed by atoms with van der Waals surface area (Å²) in [7, 11) is 0. The van der Waals surface area contributed by atoms with Crippen LogP contribution in [0.5, 0.6) is 0 Å². The molecule has 0 aromatic carbocycles. The lowest BCUT2D eigenvalue weighted by Gasteiger charge is -2.42. The molecule has 0 aromatic heterocycles. The summed E-state index contributed by atoms with van der Waals surface area (Å²) in [5, 5.41) is 0. The Morgan fingerprint density at radius 1 is 0.842 bits per heavy atom. The third-order valence-corrected chi connectivity index (χ3v) is 7.04. The molecule has 2 nitrogen and oxygen atoms in total. The number of fused-ring (bicyclic) bond motifs is 2. The Hall–Kier alpha value is -0.0800. The lowest BCUT2D eigenvalue weighted by molar-refractivity contribution is 0.0239. The highest BCUT2D eigenvalue weighted by Gasteiger charge is 2.79. The van der Waals surface area contributed by atoms with Crippen molar-refractivity contribution in [3.63, 3.8) is 0 Å². The molecule has 0 radical (unpaired) electrons. The van der Waals surface area contributed by atoms with Crippen molar-refractivity contribution in [3.05, 3.63) is 0 Å². The van der Waals surface area contributed by atoms with Crippen molar-refractivity contribution in [1.82, 2.24) is 0 Å². The molecule has 2 heterocycles. The molecular formula is C17H28O2. The summed E-state index contributed by atoms with van der Waals surface area (Å²) in [6, 6.07) is 0. The topological polar surface area (TPSA) is 25.1 Å². The van der Waals surface area contributed by atoms with E-state index in [0.29, 0.717) is 12.2 Å². The van der Waals surface area contributed by atoms with Crippen molar-refractivity contribution in [1.29, 1.82) is 0 Å². The SMILES string of the molecule is CC1CCCC2(C(C)(C)C34CCCC(C)C3O4)OC12. The van der Waals surface area contributed by atoms with Crippen LogP contribution < -0.4 is 0 Å². The molecule has 4 fully saturated rings. The van der Waals surface area contributed by atoms with Crippen LogP contribution in [0.25, 0.3) is 0 Å². The lowest BCUT2D eigenvalue weighted by Crippen LogP contribution is -2.51. The number of rotatable bonds is 2. The van der Waals surface area contributed by atoms with Crippen LogP contribution in [0.4, 0.5) is 0 Å². The van der Waals surface area contributed by atoms with E-state index < -0.39 is 0 Å². The highest BCUT2D eigenvalue weighted by atomic mass is 16.6. The molecule has 0 spiro atoms. The minimum atomic E-state index is 0.135. The molecule has 108 valence electrons. The fourth-order valence-electron chi connectivity index (χ4n) is 5.60. The molecule has 4 aliphatic rings. The van der Waals surface area contributed by atoms with Gasteiger partial charge < -0.3 is 9.47 Å². The molecule has 2 heteroatoms.